The van der Waals surface area contributed by atoms with E-state index in [-0.39, 0.29) is 17.2 Å². The normalized spacial score (nSPS) is 17.3. The molecule has 1 aromatic carbocycles. The first-order valence-electron chi connectivity index (χ1n) is 5.85. The monoisotopic (exact) mass is 234 g/mol. The van der Waals surface area contributed by atoms with Crippen molar-refractivity contribution in [2.45, 2.75) is 31.2 Å². The van der Waals surface area contributed by atoms with Crippen molar-refractivity contribution in [3.8, 4) is 5.75 Å². The largest absolute Gasteiger partial charge is 0.508 e. The number of carbonyl (C=O) groups is 1. The third-order valence-corrected chi connectivity index (χ3v) is 3.44. The van der Waals surface area contributed by atoms with E-state index < -0.39 is 0 Å². The van der Waals surface area contributed by atoms with E-state index in [9.17, 15) is 9.90 Å². The van der Waals surface area contributed by atoms with Gasteiger partial charge in [0.15, 0.2) is 0 Å². The molecule has 0 unspecified atom stereocenters. The van der Waals surface area contributed by atoms with Crippen LogP contribution in [0.5, 0.6) is 5.75 Å². The van der Waals surface area contributed by atoms with Gasteiger partial charge in [0.05, 0.1) is 0 Å². The van der Waals surface area contributed by atoms with E-state index in [1.807, 2.05) is 0 Å². The topological polar surface area (TPSA) is 66.6 Å². The van der Waals surface area contributed by atoms with Gasteiger partial charge >= 0.3 is 0 Å². The van der Waals surface area contributed by atoms with Crippen molar-refractivity contribution in [2.24, 2.45) is 5.73 Å². The standard InChI is InChI=1S/C13H18N2O2/c1-15(10-4-2-5-11(16)8-10)12(17)9-13(14)6-3-7-13/h2,4-5,8,16H,3,6-7,9,14H2,1H3. The molecule has 17 heavy (non-hydrogen) atoms. The first-order chi connectivity index (χ1) is 8.00. The molecule has 0 aromatic heterocycles. The van der Waals surface area contributed by atoms with Gasteiger partial charge in [-0.15, -0.1) is 0 Å². The zero-order valence-electron chi connectivity index (χ0n) is 10.0. The smallest absolute Gasteiger partial charge is 0.228 e. The molecule has 0 radical (unpaired) electrons. The van der Waals surface area contributed by atoms with Crippen LogP contribution in [0.1, 0.15) is 25.7 Å². The van der Waals surface area contributed by atoms with Gasteiger partial charge in [0, 0.05) is 30.8 Å². The first-order valence-corrected chi connectivity index (χ1v) is 5.85. The van der Waals surface area contributed by atoms with E-state index in [1.54, 1.807) is 36.2 Å². The van der Waals surface area contributed by atoms with E-state index in [0.29, 0.717) is 12.1 Å². The molecule has 1 saturated carbocycles. The molecule has 4 nitrogen and oxygen atoms in total. The molecule has 1 aliphatic carbocycles. The number of carbonyl (C=O) groups excluding carboxylic acids is 1. The number of hydrogen-bond acceptors (Lipinski definition) is 3. The average molecular weight is 234 g/mol. The van der Waals surface area contributed by atoms with Crippen LogP contribution in [0.4, 0.5) is 5.69 Å². The summed E-state index contributed by atoms with van der Waals surface area (Å²) in [6.07, 6.45) is 3.33. The van der Waals surface area contributed by atoms with E-state index in [0.717, 1.165) is 19.3 Å². The highest BCUT2D eigenvalue weighted by Gasteiger charge is 2.35. The molecular formula is C13H18N2O2. The van der Waals surface area contributed by atoms with Crippen molar-refractivity contribution >= 4 is 11.6 Å². The van der Waals surface area contributed by atoms with Gasteiger partial charge in [-0.2, -0.15) is 0 Å². The van der Waals surface area contributed by atoms with E-state index >= 15 is 0 Å². The first kappa shape index (κ1) is 11.9. The number of aromatic hydroxyl groups is 1. The Kier molecular flexibility index (Phi) is 3.07. The molecule has 1 amide bonds. The van der Waals surface area contributed by atoms with Crippen LogP contribution < -0.4 is 10.6 Å². The third-order valence-electron chi connectivity index (χ3n) is 3.44. The van der Waals surface area contributed by atoms with Gasteiger partial charge in [-0.3, -0.25) is 4.79 Å². The maximum absolute atomic E-state index is 12.0. The van der Waals surface area contributed by atoms with Crippen molar-refractivity contribution in [2.75, 3.05) is 11.9 Å². The van der Waals surface area contributed by atoms with Crippen molar-refractivity contribution < 1.29 is 9.90 Å². The minimum atomic E-state index is -0.303. The van der Waals surface area contributed by atoms with E-state index in [1.165, 1.54) is 0 Å². The number of amides is 1. The molecule has 92 valence electrons. The fourth-order valence-electron chi connectivity index (χ4n) is 2.07. The lowest BCUT2D eigenvalue weighted by Crippen LogP contribution is -2.50. The van der Waals surface area contributed by atoms with Crippen molar-refractivity contribution in [1.82, 2.24) is 0 Å². The average Bonchev–Trinajstić information content (AvgIpc) is 2.26. The zero-order valence-corrected chi connectivity index (χ0v) is 10.0. The summed E-state index contributed by atoms with van der Waals surface area (Å²) in [5.41, 5.74) is 6.44. The summed E-state index contributed by atoms with van der Waals surface area (Å²) in [6.45, 7) is 0. The molecule has 0 spiro atoms. The maximum atomic E-state index is 12.0. The van der Waals surface area contributed by atoms with E-state index in [2.05, 4.69) is 0 Å². The molecule has 0 atom stereocenters. The van der Waals surface area contributed by atoms with Crippen LogP contribution in [-0.4, -0.2) is 23.6 Å². The Morgan fingerprint density at radius 1 is 1.53 bits per heavy atom. The van der Waals surface area contributed by atoms with Crippen LogP contribution in [0.25, 0.3) is 0 Å². The van der Waals surface area contributed by atoms with Crippen LogP contribution in [-0.2, 0) is 4.79 Å². The van der Waals surface area contributed by atoms with Crippen molar-refractivity contribution in [3.63, 3.8) is 0 Å². The Balaban J connectivity index is 2.04. The third kappa shape index (κ3) is 2.58. The summed E-state index contributed by atoms with van der Waals surface area (Å²) in [6, 6.07) is 6.66. The van der Waals surface area contributed by atoms with Gasteiger partial charge in [0.2, 0.25) is 5.91 Å². The number of hydrogen-bond donors (Lipinski definition) is 2. The van der Waals surface area contributed by atoms with Crippen LogP contribution in [0.2, 0.25) is 0 Å². The summed E-state index contributed by atoms with van der Waals surface area (Å²) in [5, 5.41) is 9.37. The van der Waals surface area contributed by atoms with Gasteiger partial charge < -0.3 is 15.7 Å². The lowest BCUT2D eigenvalue weighted by Gasteiger charge is -2.38. The summed E-state index contributed by atoms with van der Waals surface area (Å²) in [7, 11) is 1.71. The van der Waals surface area contributed by atoms with Gasteiger partial charge in [0.25, 0.3) is 0 Å². The summed E-state index contributed by atoms with van der Waals surface area (Å²) < 4.78 is 0. The Morgan fingerprint density at radius 3 is 2.76 bits per heavy atom. The molecule has 0 aliphatic heterocycles. The van der Waals surface area contributed by atoms with Gasteiger partial charge in [-0.1, -0.05) is 6.07 Å². The Hall–Kier alpha value is -1.55. The predicted octanol–water partition coefficient (Wildman–Crippen LogP) is 1.63. The zero-order chi connectivity index (χ0) is 12.5. The maximum Gasteiger partial charge on any atom is 0.228 e. The Bertz CT molecular complexity index is 427. The highest BCUT2D eigenvalue weighted by molar-refractivity contribution is 5.93. The fraction of sp³-hybridized carbons (Fsp3) is 0.462. The van der Waals surface area contributed by atoms with Crippen LogP contribution in [0.3, 0.4) is 0 Å². The van der Waals surface area contributed by atoms with Gasteiger partial charge in [-0.05, 0) is 31.4 Å². The minimum absolute atomic E-state index is 0.00204. The number of anilines is 1. The molecule has 1 aliphatic rings. The molecule has 2 rings (SSSR count). The lowest BCUT2D eigenvalue weighted by atomic mass is 9.75. The van der Waals surface area contributed by atoms with Crippen LogP contribution in [0.15, 0.2) is 24.3 Å². The quantitative estimate of drug-likeness (QED) is 0.835. The molecule has 0 saturated heterocycles. The number of phenols is 1. The highest BCUT2D eigenvalue weighted by Crippen LogP contribution is 2.33. The van der Waals surface area contributed by atoms with Crippen LogP contribution >= 0.6 is 0 Å². The molecule has 0 heterocycles. The molecule has 0 bridgehead atoms. The minimum Gasteiger partial charge on any atom is -0.508 e. The SMILES string of the molecule is CN(C(=O)CC1(N)CCC1)c1cccc(O)c1. The Morgan fingerprint density at radius 2 is 2.24 bits per heavy atom. The van der Waals surface area contributed by atoms with E-state index in [4.69, 9.17) is 5.73 Å². The highest BCUT2D eigenvalue weighted by atomic mass is 16.3. The van der Waals surface area contributed by atoms with Crippen molar-refractivity contribution in [3.05, 3.63) is 24.3 Å². The lowest BCUT2D eigenvalue weighted by molar-refractivity contribution is -0.120. The second-order valence-corrected chi connectivity index (χ2v) is 4.87. The number of benzene rings is 1. The number of nitrogens with zero attached hydrogens (tertiary/aromatic N) is 1. The fourth-order valence-corrected chi connectivity index (χ4v) is 2.07. The molecular weight excluding hydrogens is 216 g/mol. The Labute approximate surface area is 101 Å². The molecule has 3 N–H and O–H groups in total. The number of nitrogens with two attached hydrogens (primary N) is 1. The summed E-state index contributed by atoms with van der Waals surface area (Å²) >= 11 is 0. The summed E-state index contributed by atoms with van der Waals surface area (Å²) in [4.78, 5) is 13.6. The second-order valence-electron chi connectivity index (χ2n) is 4.87. The second kappa shape index (κ2) is 4.37. The van der Waals surface area contributed by atoms with Gasteiger partial charge in [0.1, 0.15) is 5.75 Å². The molecule has 1 aromatic rings. The van der Waals surface area contributed by atoms with Crippen molar-refractivity contribution in [1.29, 1.82) is 0 Å². The number of rotatable bonds is 3. The predicted molar refractivity (Wildman–Crippen MR) is 66.9 cm³/mol. The summed E-state index contributed by atoms with van der Waals surface area (Å²) in [5.74, 6) is 0.158. The van der Waals surface area contributed by atoms with Gasteiger partial charge in [-0.25, -0.2) is 0 Å². The van der Waals surface area contributed by atoms with Crippen LogP contribution in [0, 0.1) is 0 Å². The molecule has 1 fully saturated rings. The number of phenolic OH excluding ortho intramolecular Hbond substituents is 1. The molecule has 4 heteroatoms.